The molecule has 118 valence electrons. The Morgan fingerprint density at radius 2 is 2.24 bits per heavy atom. The van der Waals surface area contributed by atoms with Crippen LogP contribution in [0.1, 0.15) is 37.8 Å². The van der Waals surface area contributed by atoms with Crippen molar-refractivity contribution >= 4 is 11.6 Å². The van der Waals surface area contributed by atoms with Gasteiger partial charge in [-0.1, -0.05) is 36.7 Å². The van der Waals surface area contributed by atoms with Crippen LogP contribution < -0.4 is 5.32 Å². The van der Waals surface area contributed by atoms with Crippen molar-refractivity contribution in [2.24, 2.45) is 0 Å². The van der Waals surface area contributed by atoms with Gasteiger partial charge in [-0.3, -0.25) is 0 Å². The van der Waals surface area contributed by atoms with Crippen molar-refractivity contribution in [3.63, 3.8) is 0 Å². The van der Waals surface area contributed by atoms with Gasteiger partial charge in [0.25, 0.3) is 0 Å². The number of hydrogen-bond acceptors (Lipinski definition) is 3. The van der Waals surface area contributed by atoms with Crippen molar-refractivity contribution in [1.82, 2.24) is 10.2 Å². The second-order valence-electron chi connectivity index (χ2n) is 5.68. The molecular formula is C17H27ClN2O. The van der Waals surface area contributed by atoms with Gasteiger partial charge in [0.05, 0.1) is 6.10 Å². The summed E-state index contributed by atoms with van der Waals surface area (Å²) >= 11 is 6.31. The van der Waals surface area contributed by atoms with Gasteiger partial charge in [-0.05, 0) is 44.5 Å². The normalized spacial score (nSPS) is 20.1. The average Bonchev–Trinajstić information content (AvgIpc) is 3.01. The number of nitrogens with zero attached hydrogens (tertiary/aromatic N) is 1. The molecule has 4 heteroatoms. The number of likely N-dealkylation sites (N-methyl/N-ethyl adjacent to an activating group) is 1. The van der Waals surface area contributed by atoms with Gasteiger partial charge in [0.1, 0.15) is 0 Å². The van der Waals surface area contributed by atoms with E-state index in [0.29, 0.717) is 12.1 Å². The molecule has 1 saturated heterocycles. The smallest absolute Gasteiger partial charge is 0.0702 e. The summed E-state index contributed by atoms with van der Waals surface area (Å²) in [4.78, 5) is 2.48. The van der Waals surface area contributed by atoms with Gasteiger partial charge in [-0.15, -0.1) is 0 Å². The molecule has 1 fully saturated rings. The first-order chi connectivity index (χ1) is 10.2. The maximum atomic E-state index is 6.31. The summed E-state index contributed by atoms with van der Waals surface area (Å²) in [6.07, 6.45) is 3.90. The standard InChI is InChI=1S/C17H27ClN2O/c1-3-20(13-14-7-6-12-21-14)11-10-17(19-2)15-8-4-5-9-16(15)18/h4-5,8-9,14,17,19H,3,6-7,10-13H2,1-2H3. The number of ether oxygens (including phenoxy) is 1. The summed E-state index contributed by atoms with van der Waals surface area (Å²) in [5.41, 5.74) is 1.19. The van der Waals surface area contributed by atoms with Crippen LogP contribution in [0.15, 0.2) is 24.3 Å². The predicted octanol–water partition coefficient (Wildman–Crippen LogP) is 3.49. The average molecular weight is 311 g/mol. The predicted molar refractivity (Wildman–Crippen MR) is 89.0 cm³/mol. The minimum Gasteiger partial charge on any atom is -0.377 e. The molecule has 1 aromatic rings. The molecule has 1 N–H and O–H groups in total. The highest BCUT2D eigenvalue weighted by Gasteiger charge is 2.19. The first kappa shape index (κ1) is 16.8. The lowest BCUT2D eigenvalue weighted by Gasteiger charge is -2.26. The molecule has 2 atom stereocenters. The van der Waals surface area contributed by atoms with Crippen LogP contribution in [0.25, 0.3) is 0 Å². The summed E-state index contributed by atoms with van der Waals surface area (Å²) in [6, 6.07) is 8.41. The quantitative estimate of drug-likeness (QED) is 0.795. The fourth-order valence-electron chi connectivity index (χ4n) is 2.98. The van der Waals surface area contributed by atoms with E-state index in [4.69, 9.17) is 16.3 Å². The number of halogens is 1. The van der Waals surface area contributed by atoms with Gasteiger partial charge in [0.2, 0.25) is 0 Å². The van der Waals surface area contributed by atoms with Crippen LogP contribution in [0, 0.1) is 0 Å². The lowest BCUT2D eigenvalue weighted by molar-refractivity contribution is 0.0735. The van der Waals surface area contributed by atoms with E-state index in [1.165, 1.54) is 18.4 Å². The van der Waals surface area contributed by atoms with Crippen molar-refractivity contribution < 1.29 is 4.74 Å². The Bertz CT molecular complexity index is 421. The monoisotopic (exact) mass is 310 g/mol. The van der Waals surface area contributed by atoms with Gasteiger partial charge in [0, 0.05) is 30.8 Å². The minimum atomic E-state index is 0.303. The number of hydrogen-bond donors (Lipinski definition) is 1. The Kier molecular flexibility index (Phi) is 6.97. The summed E-state index contributed by atoms with van der Waals surface area (Å²) in [5, 5.41) is 4.24. The molecule has 0 saturated carbocycles. The first-order valence-corrected chi connectivity index (χ1v) is 8.38. The number of benzene rings is 1. The molecular weight excluding hydrogens is 284 g/mol. The maximum Gasteiger partial charge on any atom is 0.0702 e. The highest BCUT2D eigenvalue weighted by molar-refractivity contribution is 6.31. The molecule has 1 aliphatic heterocycles. The lowest BCUT2D eigenvalue weighted by atomic mass is 10.0. The van der Waals surface area contributed by atoms with E-state index in [2.05, 4.69) is 29.3 Å². The SMILES string of the molecule is CCN(CCC(NC)c1ccccc1Cl)CC1CCCO1. The van der Waals surface area contributed by atoms with Gasteiger partial charge < -0.3 is 15.0 Å². The highest BCUT2D eigenvalue weighted by atomic mass is 35.5. The zero-order valence-electron chi connectivity index (χ0n) is 13.1. The fourth-order valence-corrected chi connectivity index (χ4v) is 3.25. The van der Waals surface area contributed by atoms with E-state index in [9.17, 15) is 0 Å². The Hall–Kier alpha value is -0.610. The Balaban J connectivity index is 1.87. The summed E-state index contributed by atoms with van der Waals surface area (Å²) < 4.78 is 5.74. The van der Waals surface area contributed by atoms with E-state index >= 15 is 0 Å². The maximum absolute atomic E-state index is 6.31. The van der Waals surface area contributed by atoms with Crippen molar-refractivity contribution in [1.29, 1.82) is 0 Å². The summed E-state index contributed by atoms with van der Waals surface area (Å²) in [7, 11) is 2.00. The van der Waals surface area contributed by atoms with Crippen molar-refractivity contribution in [2.75, 3.05) is 33.3 Å². The highest BCUT2D eigenvalue weighted by Crippen LogP contribution is 2.25. The minimum absolute atomic E-state index is 0.303. The largest absolute Gasteiger partial charge is 0.377 e. The fraction of sp³-hybridized carbons (Fsp3) is 0.647. The molecule has 1 aromatic carbocycles. The van der Waals surface area contributed by atoms with Crippen molar-refractivity contribution in [3.8, 4) is 0 Å². The molecule has 3 nitrogen and oxygen atoms in total. The van der Waals surface area contributed by atoms with E-state index in [1.807, 2.05) is 19.2 Å². The van der Waals surface area contributed by atoms with E-state index in [0.717, 1.165) is 37.7 Å². The Morgan fingerprint density at radius 3 is 2.86 bits per heavy atom. The molecule has 0 amide bonds. The number of nitrogens with one attached hydrogen (secondary N) is 1. The molecule has 21 heavy (non-hydrogen) atoms. The van der Waals surface area contributed by atoms with Crippen LogP contribution in [0.4, 0.5) is 0 Å². The zero-order valence-corrected chi connectivity index (χ0v) is 13.9. The topological polar surface area (TPSA) is 24.5 Å². The van der Waals surface area contributed by atoms with E-state index in [1.54, 1.807) is 0 Å². The van der Waals surface area contributed by atoms with Crippen molar-refractivity contribution in [3.05, 3.63) is 34.9 Å². The zero-order chi connectivity index (χ0) is 15.1. The molecule has 0 aliphatic carbocycles. The van der Waals surface area contributed by atoms with Crippen LogP contribution >= 0.6 is 11.6 Å². The Morgan fingerprint density at radius 1 is 1.43 bits per heavy atom. The third-order valence-corrected chi connectivity index (χ3v) is 4.64. The Labute approximate surface area is 133 Å². The van der Waals surface area contributed by atoms with Crippen LogP contribution in [0.5, 0.6) is 0 Å². The molecule has 0 radical (unpaired) electrons. The van der Waals surface area contributed by atoms with Crippen LogP contribution in [-0.4, -0.2) is 44.3 Å². The van der Waals surface area contributed by atoms with Gasteiger partial charge in [0.15, 0.2) is 0 Å². The third kappa shape index (κ3) is 4.96. The molecule has 0 bridgehead atoms. The van der Waals surface area contributed by atoms with Gasteiger partial charge in [-0.25, -0.2) is 0 Å². The van der Waals surface area contributed by atoms with Crippen LogP contribution in [-0.2, 0) is 4.74 Å². The summed E-state index contributed by atoms with van der Waals surface area (Å²) in [6.45, 7) is 6.33. The molecule has 2 unspecified atom stereocenters. The molecule has 1 aliphatic rings. The second-order valence-corrected chi connectivity index (χ2v) is 6.09. The van der Waals surface area contributed by atoms with Gasteiger partial charge >= 0.3 is 0 Å². The van der Waals surface area contributed by atoms with Crippen molar-refractivity contribution in [2.45, 2.75) is 38.3 Å². The summed E-state index contributed by atoms with van der Waals surface area (Å²) in [5.74, 6) is 0. The molecule has 2 rings (SSSR count). The van der Waals surface area contributed by atoms with E-state index in [-0.39, 0.29) is 0 Å². The lowest BCUT2D eigenvalue weighted by Crippen LogP contribution is -2.34. The third-order valence-electron chi connectivity index (χ3n) is 4.30. The second kappa shape index (κ2) is 8.74. The van der Waals surface area contributed by atoms with Gasteiger partial charge in [-0.2, -0.15) is 0 Å². The molecule has 0 spiro atoms. The molecule has 0 aromatic heterocycles. The van der Waals surface area contributed by atoms with Crippen LogP contribution in [0.2, 0.25) is 5.02 Å². The first-order valence-electron chi connectivity index (χ1n) is 8.00. The van der Waals surface area contributed by atoms with E-state index < -0.39 is 0 Å². The number of rotatable bonds is 8. The molecule has 1 heterocycles. The van der Waals surface area contributed by atoms with Crippen LogP contribution in [0.3, 0.4) is 0 Å².